The van der Waals surface area contributed by atoms with Gasteiger partial charge in [0.25, 0.3) is 11.6 Å². The van der Waals surface area contributed by atoms with Crippen molar-refractivity contribution >= 4 is 24.0 Å². The van der Waals surface area contributed by atoms with Crippen molar-refractivity contribution in [2.45, 2.75) is 19.9 Å². The van der Waals surface area contributed by atoms with Crippen LogP contribution < -0.4 is 5.32 Å². The quantitative estimate of drug-likeness (QED) is 0.667. The summed E-state index contributed by atoms with van der Waals surface area (Å²) >= 11 is 0. The summed E-state index contributed by atoms with van der Waals surface area (Å²) in [4.78, 5) is 24.6. The fourth-order valence-electron chi connectivity index (χ4n) is 2.25. The van der Waals surface area contributed by atoms with E-state index in [0.717, 1.165) is 13.1 Å². The minimum absolute atomic E-state index is 0. The molecule has 1 heterocycles. The molecule has 0 aliphatic carbocycles. The molecule has 20 heavy (non-hydrogen) atoms. The molecule has 0 aromatic heterocycles. The van der Waals surface area contributed by atoms with Gasteiger partial charge in [-0.3, -0.25) is 14.9 Å². The Kier molecular flexibility index (Phi) is 5.47. The first-order valence-corrected chi connectivity index (χ1v) is 6.27. The zero-order chi connectivity index (χ0) is 14.0. The molecule has 7 heteroatoms. The number of nitrogens with one attached hydrogen (secondary N) is 1. The van der Waals surface area contributed by atoms with Crippen LogP contribution >= 0.6 is 12.4 Å². The zero-order valence-corrected chi connectivity index (χ0v) is 12.3. The molecule has 0 spiro atoms. The van der Waals surface area contributed by atoms with E-state index in [2.05, 4.69) is 5.32 Å². The van der Waals surface area contributed by atoms with Crippen LogP contribution in [0.4, 0.5) is 5.69 Å². The van der Waals surface area contributed by atoms with Crippen LogP contribution in [0.15, 0.2) is 18.2 Å². The van der Waals surface area contributed by atoms with Crippen LogP contribution in [0.5, 0.6) is 0 Å². The van der Waals surface area contributed by atoms with Crippen molar-refractivity contribution in [3.63, 3.8) is 0 Å². The first-order valence-electron chi connectivity index (χ1n) is 6.27. The highest BCUT2D eigenvalue weighted by Crippen LogP contribution is 2.21. The van der Waals surface area contributed by atoms with E-state index in [4.69, 9.17) is 0 Å². The molecule has 0 saturated carbocycles. The van der Waals surface area contributed by atoms with Gasteiger partial charge >= 0.3 is 0 Å². The van der Waals surface area contributed by atoms with Gasteiger partial charge in [-0.15, -0.1) is 12.4 Å². The molecule has 0 radical (unpaired) electrons. The summed E-state index contributed by atoms with van der Waals surface area (Å²) in [5.41, 5.74) is 0.939. The van der Waals surface area contributed by atoms with Crippen LogP contribution in [0.1, 0.15) is 22.8 Å². The smallest absolute Gasteiger partial charge is 0.273 e. The minimum Gasteiger partial charge on any atom is -0.333 e. The second-order valence-electron chi connectivity index (χ2n) is 4.81. The van der Waals surface area contributed by atoms with Crippen molar-refractivity contribution in [3.8, 4) is 0 Å². The number of benzene rings is 1. The Morgan fingerprint density at radius 3 is 2.80 bits per heavy atom. The highest BCUT2D eigenvalue weighted by atomic mass is 35.5. The van der Waals surface area contributed by atoms with E-state index in [1.54, 1.807) is 24.0 Å². The minimum atomic E-state index is -0.451. The number of nitro groups is 1. The van der Waals surface area contributed by atoms with Crippen molar-refractivity contribution < 1.29 is 9.72 Å². The second kappa shape index (κ2) is 6.67. The third kappa shape index (κ3) is 3.26. The number of rotatable bonds is 2. The maximum absolute atomic E-state index is 12.4. The van der Waals surface area contributed by atoms with E-state index < -0.39 is 4.92 Å². The molecule has 1 amide bonds. The molecule has 1 atom stereocenters. The molecule has 110 valence electrons. The van der Waals surface area contributed by atoms with Crippen molar-refractivity contribution in [2.75, 3.05) is 19.6 Å². The Balaban J connectivity index is 0.00000200. The van der Waals surface area contributed by atoms with Gasteiger partial charge in [-0.1, -0.05) is 6.07 Å². The molecular weight excluding hydrogens is 282 g/mol. The number of hydrogen-bond acceptors (Lipinski definition) is 4. The number of amides is 1. The summed E-state index contributed by atoms with van der Waals surface area (Å²) in [5.74, 6) is -0.142. The van der Waals surface area contributed by atoms with Crippen LogP contribution in [-0.4, -0.2) is 41.4 Å². The van der Waals surface area contributed by atoms with Gasteiger partial charge in [-0.05, 0) is 19.9 Å². The van der Waals surface area contributed by atoms with Gasteiger partial charge in [-0.2, -0.15) is 0 Å². The van der Waals surface area contributed by atoms with E-state index in [0.29, 0.717) is 17.7 Å². The molecule has 0 bridgehead atoms. The number of nitro benzene ring substituents is 1. The van der Waals surface area contributed by atoms with Crippen molar-refractivity contribution in [2.24, 2.45) is 0 Å². The molecular formula is C13H18ClN3O3. The molecule has 1 saturated heterocycles. The maximum atomic E-state index is 12.4. The molecule has 1 aromatic rings. The summed E-state index contributed by atoms with van der Waals surface area (Å²) in [5, 5.41) is 14.1. The van der Waals surface area contributed by atoms with E-state index in [-0.39, 0.29) is 30.0 Å². The van der Waals surface area contributed by atoms with Gasteiger partial charge in [0.05, 0.1) is 4.92 Å². The largest absolute Gasteiger partial charge is 0.333 e. The van der Waals surface area contributed by atoms with E-state index >= 15 is 0 Å². The molecule has 1 aliphatic rings. The third-order valence-corrected chi connectivity index (χ3v) is 3.41. The number of piperazine rings is 1. The van der Waals surface area contributed by atoms with Crippen LogP contribution in [-0.2, 0) is 0 Å². The van der Waals surface area contributed by atoms with E-state index in [1.807, 2.05) is 6.92 Å². The summed E-state index contributed by atoms with van der Waals surface area (Å²) in [7, 11) is 0. The molecule has 1 N–H and O–H groups in total. The van der Waals surface area contributed by atoms with Crippen molar-refractivity contribution in [1.82, 2.24) is 10.2 Å². The average Bonchev–Trinajstić information content (AvgIpc) is 2.38. The third-order valence-electron chi connectivity index (χ3n) is 3.41. The summed E-state index contributed by atoms with van der Waals surface area (Å²) in [6.07, 6.45) is 0. The van der Waals surface area contributed by atoms with Crippen molar-refractivity contribution in [1.29, 1.82) is 0 Å². The Morgan fingerprint density at radius 2 is 2.20 bits per heavy atom. The van der Waals surface area contributed by atoms with Gasteiger partial charge in [0.1, 0.15) is 0 Å². The molecule has 2 rings (SSSR count). The van der Waals surface area contributed by atoms with Gasteiger partial charge in [-0.25, -0.2) is 0 Å². The lowest BCUT2D eigenvalue weighted by Gasteiger charge is -2.34. The monoisotopic (exact) mass is 299 g/mol. The molecule has 1 aromatic carbocycles. The first kappa shape index (κ1) is 16.4. The van der Waals surface area contributed by atoms with Crippen LogP contribution in [0.25, 0.3) is 0 Å². The Bertz CT molecular complexity index is 522. The first-order chi connectivity index (χ1) is 9.00. The molecule has 0 unspecified atom stereocenters. The zero-order valence-electron chi connectivity index (χ0n) is 11.5. The highest BCUT2D eigenvalue weighted by molar-refractivity contribution is 5.95. The maximum Gasteiger partial charge on any atom is 0.273 e. The Labute approximate surface area is 123 Å². The Hall–Kier alpha value is -1.66. The number of aryl methyl sites for hydroxylation is 1. The SMILES string of the molecule is Cc1ccc(C(=O)N2CCNC[C@@H]2C)cc1[N+](=O)[O-].Cl. The summed E-state index contributed by atoms with van der Waals surface area (Å²) < 4.78 is 0. The van der Waals surface area contributed by atoms with E-state index in [9.17, 15) is 14.9 Å². The highest BCUT2D eigenvalue weighted by Gasteiger charge is 2.25. The molecule has 1 aliphatic heterocycles. The van der Waals surface area contributed by atoms with E-state index in [1.165, 1.54) is 6.07 Å². The van der Waals surface area contributed by atoms with Crippen LogP contribution in [0.3, 0.4) is 0 Å². The van der Waals surface area contributed by atoms with Gasteiger partial charge in [0.2, 0.25) is 0 Å². The lowest BCUT2D eigenvalue weighted by molar-refractivity contribution is -0.385. The predicted molar refractivity (Wildman–Crippen MR) is 78.4 cm³/mol. The lowest BCUT2D eigenvalue weighted by atomic mass is 10.1. The fraction of sp³-hybridized carbons (Fsp3) is 0.462. The number of hydrogen-bond donors (Lipinski definition) is 1. The van der Waals surface area contributed by atoms with Crippen LogP contribution in [0, 0.1) is 17.0 Å². The predicted octanol–water partition coefficient (Wildman–Crippen LogP) is 1.76. The Morgan fingerprint density at radius 1 is 1.50 bits per heavy atom. The van der Waals surface area contributed by atoms with Gasteiger partial charge in [0.15, 0.2) is 0 Å². The molecule has 6 nitrogen and oxygen atoms in total. The molecule has 1 fully saturated rings. The number of halogens is 1. The van der Waals surface area contributed by atoms with Crippen LogP contribution in [0.2, 0.25) is 0 Å². The number of carbonyl (C=O) groups is 1. The van der Waals surface area contributed by atoms with Crippen molar-refractivity contribution in [3.05, 3.63) is 39.4 Å². The lowest BCUT2D eigenvalue weighted by Crippen LogP contribution is -2.52. The fourth-order valence-corrected chi connectivity index (χ4v) is 2.25. The summed E-state index contributed by atoms with van der Waals surface area (Å²) in [6, 6.07) is 4.74. The van der Waals surface area contributed by atoms with Gasteiger partial charge in [0, 0.05) is 42.9 Å². The second-order valence-corrected chi connectivity index (χ2v) is 4.81. The summed E-state index contributed by atoms with van der Waals surface area (Å²) in [6.45, 7) is 5.76. The number of carbonyl (C=O) groups excluding carboxylic acids is 1. The van der Waals surface area contributed by atoms with Gasteiger partial charge < -0.3 is 10.2 Å². The topological polar surface area (TPSA) is 75.5 Å². The standard InChI is InChI=1S/C13H17N3O3.ClH/c1-9-3-4-11(7-12(9)16(18)19)13(17)15-6-5-14-8-10(15)2;/h3-4,7,10,14H,5-6,8H2,1-2H3;1H/t10-;/m0./s1. The average molecular weight is 300 g/mol. The number of nitrogens with zero attached hydrogens (tertiary/aromatic N) is 2. The normalized spacial score (nSPS) is 18.3.